The fourth-order valence-corrected chi connectivity index (χ4v) is 3.17. The second-order valence-corrected chi connectivity index (χ2v) is 7.14. The molecule has 1 aromatic carbocycles. The zero-order chi connectivity index (χ0) is 15.6. The van der Waals surface area contributed by atoms with Crippen LogP contribution >= 0.6 is 0 Å². The topological polar surface area (TPSA) is 12.0 Å². The molecule has 0 bridgehead atoms. The summed E-state index contributed by atoms with van der Waals surface area (Å²) in [6.45, 7) is 6.75. The molecule has 1 nitrogen and oxygen atoms in total. The molecule has 0 saturated heterocycles. The number of anilines is 1. The van der Waals surface area contributed by atoms with E-state index in [2.05, 4.69) is 26.1 Å². The zero-order valence-corrected chi connectivity index (χ0v) is 13.0. The standard InChI is InChI=1S/C17H24F3N/c1-17(2,3)11-5-4-6-12(8-7-11)21-14-10-9-13(18)15(19)16(14)20/h9-12,21H,4-8H2,1-3H3. The van der Waals surface area contributed by atoms with Crippen LogP contribution in [0.4, 0.5) is 18.9 Å². The predicted molar refractivity (Wildman–Crippen MR) is 79.8 cm³/mol. The van der Waals surface area contributed by atoms with Gasteiger partial charge in [0.1, 0.15) is 0 Å². The fraction of sp³-hybridized carbons (Fsp3) is 0.647. The van der Waals surface area contributed by atoms with E-state index in [0.29, 0.717) is 5.92 Å². The van der Waals surface area contributed by atoms with E-state index in [4.69, 9.17) is 0 Å². The van der Waals surface area contributed by atoms with Crippen molar-refractivity contribution in [2.75, 3.05) is 5.32 Å². The minimum Gasteiger partial charge on any atom is -0.380 e. The van der Waals surface area contributed by atoms with Crippen LogP contribution in [-0.4, -0.2) is 6.04 Å². The molecule has 4 heteroatoms. The van der Waals surface area contributed by atoms with Gasteiger partial charge in [-0.05, 0) is 49.1 Å². The first-order chi connectivity index (χ1) is 9.79. The molecule has 0 heterocycles. The van der Waals surface area contributed by atoms with Crippen LogP contribution in [0, 0.1) is 28.8 Å². The summed E-state index contributed by atoms with van der Waals surface area (Å²) in [5, 5.41) is 3.05. The molecule has 1 aliphatic carbocycles. The van der Waals surface area contributed by atoms with E-state index < -0.39 is 17.5 Å². The maximum atomic E-state index is 13.7. The second-order valence-electron chi connectivity index (χ2n) is 7.14. The molecule has 118 valence electrons. The Balaban J connectivity index is 2.03. The van der Waals surface area contributed by atoms with Gasteiger partial charge in [0.05, 0.1) is 5.69 Å². The quantitative estimate of drug-likeness (QED) is 0.561. The van der Waals surface area contributed by atoms with Crippen molar-refractivity contribution < 1.29 is 13.2 Å². The van der Waals surface area contributed by atoms with E-state index in [0.717, 1.165) is 31.7 Å². The lowest BCUT2D eigenvalue weighted by atomic mass is 9.76. The fourth-order valence-electron chi connectivity index (χ4n) is 3.17. The molecule has 2 rings (SSSR count). The highest BCUT2D eigenvalue weighted by Gasteiger charge is 2.28. The van der Waals surface area contributed by atoms with Crippen LogP contribution in [-0.2, 0) is 0 Å². The van der Waals surface area contributed by atoms with Crippen molar-refractivity contribution in [3.05, 3.63) is 29.6 Å². The minimum atomic E-state index is -1.40. The number of hydrogen-bond donors (Lipinski definition) is 1. The minimum absolute atomic E-state index is 0.0631. The maximum Gasteiger partial charge on any atom is 0.196 e. The molecule has 1 fully saturated rings. The number of rotatable bonds is 2. The van der Waals surface area contributed by atoms with Crippen LogP contribution in [0.2, 0.25) is 0 Å². The van der Waals surface area contributed by atoms with Gasteiger partial charge in [-0.2, -0.15) is 0 Å². The van der Waals surface area contributed by atoms with E-state index in [9.17, 15) is 13.2 Å². The SMILES string of the molecule is CC(C)(C)C1CCCC(Nc2ccc(F)c(F)c2F)CC1. The van der Waals surface area contributed by atoms with Crippen LogP contribution < -0.4 is 5.32 Å². The van der Waals surface area contributed by atoms with Crippen molar-refractivity contribution in [2.24, 2.45) is 11.3 Å². The largest absolute Gasteiger partial charge is 0.380 e. The van der Waals surface area contributed by atoms with Gasteiger partial charge in [0, 0.05) is 6.04 Å². The Hall–Kier alpha value is -1.19. The Morgan fingerprint density at radius 1 is 0.952 bits per heavy atom. The van der Waals surface area contributed by atoms with Crippen LogP contribution in [0.15, 0.2) is 12.1 Å². The first kappa shape index (κ1) is 16.2. The first-order valence-corrected chi connectivity index (χ1v) is 7.69. The Bertz CT molecular complexity index is 494. The lowest BCUT2D eigenvalue weighted by Gasteiger charge is -2.29. The van der Waals surface area contributed by atoms with E-state index in [1.165, 1.54) is 12.5 Å². The molecule has 21 heavy (non-hydrogen) atoms. The summed E-state index contributed by atoms with van der Waals surface area (Å²) >= 11 is 0. The molecular weight excluding hydrogens is 275 g/mol. The highest BCUT2D eigenvalue weighted by molar-refractivity contribution is 5.46. The van der Waals surface area contributed by atoms with Gasteiger partial charge in [-0.25, -0.2) is 13.2 Å². The molecular formula is C17H24F3N. The first-order valence-electron chi connectivity index (χ1n) is 7.69. The second kappa shape index (κ2) is 6.29. The average Bonchev–Trinajstić information content (AvgIpc) is 2.65. The van der Waals surface area contributed by atoms with Gasteiger partial charge >= 0.3 is 0 Å². The molecule has 0 aliphatic heterocycles. The number of nitrogens with one attached hydrogen (secondary N) is 1. The van der Waals surface area contributed by atoms with Crippen LogP contribution in [0.1, 0.15) is 52.9 Å². The zero-order valence-electron chi connectivity index (χ0n) is 13.0. The molecule has 1 aromatic rings. The summed E-state index contributed by atoms with van der Waals surface area (Å²) < 4.78 is 39.9. The molecule has 1 aliphatic rings. The summed E-state index contributed by atoms with van der Waals surface area (Å²) in [6.07, 6.45) is 5.19. The summed E-state index contributed by atoms with van der Waals surface area (Å²) in [5.74, 6) is -3.02. The van der Waals surface area contributed by atoms with Crippen molar-refractivity contribution in [3.8, 4) is 0 Å². The van der Waals surface area contributed by atoms with Crippen molar-refractivity contribution in [3.63, 3.8) is 0 Å². The molecule has 1 saturated carbocycles. The van der Waals surface area contributed by atoms with Crippen molar-refractivity contribution in [1.82, 2.24) is 0 Å². The van der Waals surface area contributed by atoms with Gasteiger partial charge in [0.15, 0.2) is 17.5 Å². The van der Waals surface area contributed by atoms with Crippen LogP contribution in [0.3, 0.4) is 0 Å². The number of halogens is 3. The van der Waals surface area contributed by atoms with Gasteiger partial charge in [0.2, 0.25) is 0 Å². The third-order valence-electron chi connectivity index (χ3n) is 4.59. The van der Waals surface area contributed by atoms with E-state index >= 15 is 0 Å². The number of hydrogen-bond acceptors (Lipinski definition) is 1. The maximum absolute atomic E-state index is 13.7. The van der Waals surface area contributed by atoms with Gasteiger partial charge in [-0.1, -0.05) is 27.2 Å². The molecule has 0 radical (unpaired) electrons. The normalized spacial score (nSPS) is 23.7. The van der Waals surface area contributed by atoms with E-state index in [1.807, 2.05) is 0 Å². The molecule has 0 aromatic heterocycles. The van der Waals surface area contributed by atoms with Gasteiger partial charge in [0.25, 0.3) is 0 Å². The number of benzene rings is 1. The van der Waals surface area contributed by atoms with Crippen molar-refractivity contribution >= 4 is 5.69 Å². The third kappa shape index (κ3) is 3.92. The van der Waals surface area contributed by atoms with Crippen LogP contribution in [0.5, 0.6) is 0 Å². The predicted octanol–water partition coefficient (Wildman–Crippen LogP) is 5.51. The summed E-state index contributed by atoms with van der Waals surface area (Å²) in [4.78, 5) is 0. The van der Waals surface area contributed by atoms with Crippen molar-refractivity contribution in [1.29, 1.82) is 0 Å². The lowest BCUT2D eigenvalue weighted by Crippen LogP contribution is -2.22. The Morgan fingerprint density at radius 2 is 1.67 bits per heavy atom. The molecule has 2 atom stereocenters. The summed E-state index contributed by atoms with van der Waals surface area (Å²) in [7, 11) is 0. The lowest BCUT2D eigenvalue weighted by molar-refractivity contribution is 0.214. The Morgan fingerprint density at radius 3 is 2.33 bits per heavy atom. The van der Waals surface area contributed by atoms with Gasteiger partial charge in [-0.15, -0.1) is 0 Å². The molecule has 0 amide bonds. The van der Waals surface area contributed by atoms with E-state index in [1.54, 1.807) is 0 Å². The summed E-state index contributed by atoms with van der Waals surface area (Å²) in [5.41, 5.74) is 0.343. The van der Waals surface area contributed by atoms with Gasteiger partial charge < -0.3 is 5.32 Å². The molecule has 0 spiro atoms. The molecule has 1 N–H and O–H groups in total. The smallest absolute Gasteiger partial charge is 0.196 e. The Kier molecular flexibility index (Phi) is 4.84. The molecule has 2 unspecified atom stereocenters. The Labute approximate surface area is 124 Å². The monoisotopic (exact) mass is 299 g/mol. The highest BCUT2D eigenvalue weighted by atomic mass is 19.2. The van der Waals surface area contributed by atoms with Crippen molar-refractivity contribution in [2.45, 2.75) is 58.9 Å². The summed E-state index contributed by atoms with van der Waals surface area (Å²) in [6, 6.07) is 2.37. The van der Waals surface area contributed by atoms with E-state index in [-0.39, 0.29) is 17.1 Å². The third-order valence-corrected chi connectivity index (χ3v) is 4.59. The van der Waals surface area contributed by atoms with Crippen LogP contribution in [0.25, 0.3) is 0 Å². The highest BCUT2D eigenvalue weighted by Crippen LogP contribution is 2.37. The van der Waals surface area contributed by atoms with Gasteiger partial charge in [-0.3, -0.25) is 0 Å². The average molecular weight is 299 g/mol.